The van der Waals surface area contributed by atoms with Crippen molar-refractivity contribution in [2.24, 2.45) is 0 Å². The molecule has 11 heteroatoms. The zero-order chi connectivity index (χ0) is 24.4. The van der Waals surface area contributed by atoms with E-state index >= 15 is 0 Å². The highest BCUT2D eigenvalue weighted by atomic mass is 35.5. The fourth-order valence-corrected chi connectivity index (χ4v) is 4.03. The number of carbonyl (C=O) groups excluding carboxylic acids is 1. The SMILES string of the molecule is Cc1conc1COC(=O)N1CCc2c(ccc(F)c2F)[C@H]1c1cc(Cl)ccc1OCC(=O)O. The van der Waals surface area contributed by atoms with Crippen LogP contribution in [0, 0.1) is 18.6 Å². The second kappa shape index (κ2) is 9.68. The number of aliphatic carboxylic acids is 1. The van der Waals surface area contributed by atoms with E-state index in [2.05, 4.69) is 5.16 Å². The average Bonchev–Trinajstić information content (AvgIpc) is 3.22. The second-order valence-corrected chi connectivity index (χ2v) is 8.07. The summed E-state index contributed by atoms with van der Waals surface area (Å²) in [5, 5.41) is 13.1. The zero-order valence-electron chi connectivity index (χ0n) is 17.9. The van der Waals surface area contributed by atoms with Gasteiger partial charge in [-0.15, -0.1) is 0 Å². The summed E-state index contributed by atoms with van der Waals surface area (Å²) in [6.45, 7) is 0.934. The minimum absolute atomic E-state index is 0.000442. The van der Waals surface area contributed by atoms with Crippen LogP contribution in [0.25, 0.3) is 0 Å². The minimum atomic E-state index is -1.21. The topological polar surface area (TPSA) is 102 Å². The van der Waals surface area contributed by atoms with Crippen LogP contribution in [0.5, 0.6) is 5.75 Å². The van der Waals surface area contributed by atoms with E-state index in [0.717, 1.165) is 6.07 Å². The van der Waals surface area contributed by atoms with Crippen molar-refractivity contribution in [3.63, 3.8) is 0 Å². The molecule has 2 aromatic carbocycles. The standard InChI is InChI=1S/C23H19ClF2N2O6/c1-12-9-34-27-18(12)10-33-23(31)28-7-6-14-15(3-4-17(25)21(14)26)22(28)16-8-13(24)2-5-19(16)32-11-20(29)30/h2-5,8-9,22H,6-7,10-11H2,1H3,(H,29,30)/t22-/m0/s1. The molecule has 34 heavy (non-hydrogen) atoms. The van der Waals surface area contributed by atoms with Crippen molar-refractivity contribution in [2.75, 3.05) is 13.2 Å². The van der Waals surface area contributed by atoms with Gasteiger partial charge in [0.2, 0.25) is 0 Å². The lowest BCUT2D eigenvalue weighted by Crippen LogP contribution is -2.41. The number of benzene rings is 2. The van der Waals surface area contributed by atoms with Gasteiger partial charge in [0.1, 0.15) is 24.3 Å². The molecular weight excluding hydrogens is 474 g/mol. The first-order valence-electron chi connectivity index (χ1n) is 10.2. The summed E-state index contributed by atoms with van der Waals surface area (Å²) < 4.78 is 44.3. The summed E-state index contributed by atoms with van der Waals surface area (Å²) in [7, 11) is 0. The summed E-state index contributed by atoms with van der Waals surface area (Å²) in [6, 6.07) is 5.80. The molecule has 0 radical (unpaired) electrons. The maximum atomic E-state index is 14.6. The molecule has 3 aromatic rings. The molecule has 1 atom stereocenters. The van der Waals surface area contributed by atoms with Crippen LogP contribution in [0.2, 0.25) is 5.02 Å². The van der Waals surface area contributed by atoms with Gasteiger partial charge in [-0.3, -0.25) is 4.90 Å². The number of amides is 1. The first-order valence-corrected chi connectivity index (χ1v) is 10.6. The van der Waals surface area contributed by atoms with Gasteiger partial charge in [-0.1, -0.05) is 22.8 Å². The van der Waals surface area contributed by atoms with Crippen molar-refractivity contribution in [1.82, 2.24) is 10.1 Å². The fourth-order valence-electron chi connectivity index (χ4n) is 3.85. The fraction of sp³-hybridized carbons (Fsp3) is 0.261. The molecule has 0 bridgehead atoms. The van der Waals surface area contributed by atoms with E-state index in [1.807, 2.05) is 0 Å². The lowest BCUT2D eigenvalue weighted by molar-refractivity contribution is -0.139. The van der Waals surface area contributed by atoms with Crippen molar-refractivity contribution >= 4 is 23.7 Å². The molecule has 1 aliphatic rings. The highest BCUT2D eigenvalue weighted by molar-refractivity contribution is 6.30. The lowest BCUT2D eigenvalue weighted by atomic mass is 9.87. The molecule has 8 nitrogen and oxygen atoms in total. The first-order chi connectivity index (χ1) is 16.3. The van der Waals surface area contributed by atoms with Crippen LogP contribution in [0.15, 0.2) is 41.1 Å². The number of carbonyl (C=O) groups is 2. The number of aromatic nitrogens is 1. The van der Waals surface area contributed by atoms with Gasteiger partial charge in [0.25, 0.3) is 0 Å². The van der Waals surface area contributed by atoms with E-state index in [1.54, 1.807) is 6.92 Å². The van der Waals surface area contributed by atoms with Gasteiger partial charge in [-0.25, -0.2) is 18.4 Å². The molecule has 1 aliphatic heterocycles. The molecule has 1 amide bonds. The third-order valence-corrected chi connectivity index (χ3v) is 5.71. The van der Waals surface area contributed by atoms with Crippen molar-refractivity contribution in [1.29, 1.82) is 0 Å². The number of aryl methyl sites for hydroxylation is 1. The predicted molar refractivity (Wildman–Crippen MR) is 115 cm³/mol. The van der Waals surface area contributed by atoms with E-state index in [-0.39, 0.29) is 35.9 Å². The number of carboxylic acids is 1. The molecule has 0 spiro atoms. The molecular formula is C23H19ClF2N2O6. The highest BCUT2D eigenvalue weighted by Gasteiger charge is 2.37. The number of rotatable bonds is 6. The van der Waals surface area contributed by atoms with Crippen LogP contribution in [0.4, 0.5) is 13.6 Å². The van der Waals surface area contributed by atoms with Crippen LogP contribution in [0.1, 0.15) is 34.0 Å². The Morgan fingerprint density at radius 2 is 2.06 bits per heavy atom. The average molecular weight is 493 g/mol. The predicted octanol–water partition coefficient (Wildman–Crippen LogP) is 4.66. The molecule has 4 rings (SSSR count). The quantitative estimate of drug-likeness (QED) is 0.533. The van der Waals surface area contributed by atoms with Gasteiger partial charge in [0.15, 0.2) is 18.2 Å². The van der Waals surface area contributed by atoms with Crippen LogP contribution < -0.4 is 4.74 Å². The summed E-state index contributed by atoms with van der Waals surface area (Å²) >= 11 is 6.20. The summed E-state index contributed by atoms with van der Waals surface area (Å²) in [4.78, 5) is 25.5. The molecule has 1 N–H and O–H groups in total. The number of nitrogens with zero attached hydrogens (tertiary/aromatic N) is 2. The van der Waals surface area contributed by atoms with Crippen molar-refractivity contribution in [3.8, 4) is 5.75 Å². The van der Waals surface area contributed by atoms with E-state index in [9.17, 15) is 18.4 Å². The Kier molecular flexibility index (Phi) is 6.69. The lowest BCUT2D eigenvalue weighted by Gasteiger charge is -2.37. The van der Waals surface area contributed by atoms with Gasteiger partial charge >= 0.3 is 12.1 Å². The van der Waals surface area contributed by atoms with Gasteiger partial charge in [-0.2, -0.15) is 0 Å². The second-order valence-electron chi connectivity index (χ2n) is 7.64. The zero-order valence-corrected chi connectivity index (χ0v) is 18.6. The Balaban J connectivity index is 1.76. The van der Waals surface area contributed by atoms with Crippen LogP contribution in [-0.2, 0) is 22.6 Å². The Morgan fingerprint density at radius 1 is 1.26 bits per heavy atom. The number of hydrogen-bond acceptors (Lipinski definition) is 6. The van der Waals surface area contributed by atoms with Gasteiger partial charge in [0.05, 0.1) is 6.04 Å². The smallest absolute Gasteiger partial charge is 0.410 e. The number of carboxylic acid groups (broad SMARTS) is 1. The van der Waals surface area contributed by atoms with E-state index in [0.29, 0.717) is 22.4 Å². The third-order valence-electron chi connectivity index (χ3n) is 5.47. The number of halogens is 3. The van der Waals surface area contributed by atoms with Crippen LogP contribution in [-0.4, -0.2) is 40.4 Å². The largest absolute Gasteiger partial charge is 0.482 e. The van der Waals surface area contributed by atoms with Gasteiger partial charge < -0.3 is 19.1 Å². The summed E-state index contributed by atoms with van der Waals surface area (Å²) in [5.41, 5.74) is 1.84. The summed E-state index contributed by atoms with van der Waals surface area (Å²) in [6.07, 6.45) is 0.713. The number of ether oxygens (including phenoxy) is 2. The monoisotopic (exact) mass is 492 g/mol. The summed E-state index contributed by atoms with van der Waals surface area (Å²) in [5.74, 6) is -3.11. The van der Waals surface area contributed by atoms with Gasteiger partial charge in [0, 0.05) is 22.7 Å². The van der Waals surface area contributed by atoms with Crippen molar-refractivity contribution in [3.05, 3.63) is 81.2 Å². The van der Waals surface area contributed by atoms with E-state index < -0.39 is 36.3 Å². The molecule has 0 saturated carbocycles. The molecule has 0 saturated heterocycles. The van der Waals surface area contributed by atoms with E-state index in [1.165, 1.54) is 35.4 Å². The Hall–Kier alpha value is -3.66. The van der Waals surface area contributed by atoms with Crippen molar-refractivity contribution < 1.29 is 37.5 Å². The van der Waals surface area contributed by atoms with E-state index in [4.69, 9.17) is 30.7 Å². The van der Waals surface area contributed by atoms with Crippen LogP contribution >= 0.6 is 11.6 Å². The Labute approximate surface area is 197 Å². The number of fused-ring (bicyclic) bond motifs is 1. The molecule has 178 valence electrons. The Morgan fingerprint density at radius 3 is 2.76 bits per heavy atom. The maximum absolute atomic E-state index is 14.6. The Bertz CT molecular complexity index is 1250. The minimum Gasteiger partial charge on any atom is -0.482 e. The molecule has 0 aliphatic carbocycles. The molecule has 0 fully saturated rings. The van der Waals surface area contributed by atoms with Crippen LogP contribution in [0.3, 0.4) is 0 Å². The van der Waals surface area contributed by atoms with Gasteiger partial charge in [-0.05, 0) is 48.7 Å². The molecule has 2 heterocycles. The van der Waals surface area contributed by atoms with Crippen molar-refractivity contribution in [2.45, 2.75) is 26.0 Å². The highest BCUT2D eigenvalue weighted by Crippen LogP contribution is 2.42. The molecule has 1 aromatic heterocycles. The third kappa shape index (κ3) is 4.67. The normalized spacial score (nSPS) is 15.1. The number of hydrogen-bond donors (Lipinski definition) is 1. The first kappa shape index (κ1) is 23.5. The molecule has 0 unspecified atom stereocenters. The maximum Gasteiger partial charge on any atom is 0.410 e.